The number of aromatic nitrogens is 2. The van der Waals surface area contributed by atoms with E-state index in [-0.39, 0.29) is 0 Å². The summed E-state index contributed by atoms with van der Waals surface area (Å²) in [6.07, 6.45) is 1.87. The summed E-state index contributed by atoms with van der Waals surface area (Å²) in [5.41, 5.74) is 4.75. The van der Waals surface area contributed by atoms with Crippen LogP contribution in [0, 0.1) is 0 Å². The van der Waals surface area contributed by atoms with Gasteiger partial charge in [0.05, 0.1) is 18.2 Å². The van der Waals surface area contributed by atoms with Crippen molar-refractivity contribution in [2.45, 2.75) is 0 Å². The van der Waals surface area contributed by atoms with E-state index < -0.39 is 0 Å². The first-order valence-electron chi connectivity index (χ1n) is 11.0. The number of rotatable bonds is 4. The van der Waals surface area contributed by atoms with E-state index >= 15 is 0 Å². The molecule has 2 aromatic heterocycles. The fourth-order valence-electron chi connectivity index (χ4n) is 4.25. The van der Waals surface area contributed by atoms with E-state index in [0.717, 1.165) is 66.2 Å². The molecule has 0 amide bonds. The first kappa shape index (κ1) is 20.2. The third kappa shape index (κ3) is 3.94. The van der Waals surface area contributed by atoms with Crippen molar-refractivity contribution in [1.82, 2.24) is 9.38 Å². The number of ether oxygens (including phenoxy) is 3. The minimum absolute atomic E-state index is 0.544. The fraction of sp³-hybridized carbons (Fsp3) is 0.240. The van der Waals surface area contributed by atoms with Gasteiger partial charge in [0.2, 0.25) is 0 Å². The number of benzene rings is 2. The van der Waals surface area contributed by atoms with Gasteiger partial charge in [-0.15, -0.1) is 0 Å². The van der Waals surface area contributed by atoms with Crippen molar-refractivity contribution < 1.29 is 14.2 Å². The smallest absolute Gasteiger partial charge is 0.163 e. The molecule has 1 N–H and O–H groups in total. The Bertz CT molecular complexity index is 1300. The third-order valence-corrected chi connectivity index (χ3v) is 6.13. The van der Waals surface area contributed by atoms with Crippen molar-refractivity contribution in [3.05, 3.63) is 65.8 Å². The molecule has 0 saturated carbocycles. The summed E-state index contributed by atoms with van der Waals surface area (Å²) in [6.45, 7) is 4.45. The van der Waals surface area contributed by atoms with Gasteiger partial charge in [0.15, 0.2) is 11.5 Å². The molecule has 0 atom stereocenters. The molecule has 4 aromatic rings. The highest BCUT2D eigenvalue weighted by molar-refractivity contribution is 6.30. The molecule has 1 saturated heterocycles. The van der Waals surface area contributed by atoms with Crippen LogP contribution < -0.4 is 19.7 Å². The molecular weight excluding hydrogens is 440 g/mol. The molecule has 0 radical (unpaired) electrons. The second-order valence-electron chi connectivity index (χ2n) is 8.01. The zero-order valence-corrected chi connectivity index (χ0v) is 18.7. The molecule has 0 unspecified atom stereocenters. The first-order chi connectivity index (χ1) is 16.2. The highest BCUT2D eigenvalue weighted by Gasteiger charge is 2.18. The van der Waals surface area contributed by atoms with Gasteiger partial charge in [0.1, 0.15) is 30.4 Å². The van der Waals surface area contributed by atoms with Gasteiger partial charge < -0.3 is 24.4 Å². The maximum atomic E-state index is 6.32. The number of anilines is 3. The minimum atomic E-state index is 0.544. The van der Waals surface area contributed by atoms with Gasteiger partial charge in [-0.25, -0.2) is 4.98 Å². The van der Waals surface area contributed by atoms with Crippen LogP contribution in [0.15, 0.2) is 60.8 Å². The standard InChI is InChI=1S/C25H23ClN4O3/c26-18-3-8-23-28-24(17-1-5-20(6-2-17)29-9-11-31-12-10-29)25(30(23)16-18)27-19-4-7-21-22(15-19)33-14-13-32-21/h1-8,15-16,27H,9-14H2. The molecule has 8 heteroatoms. The van der Waals surface area contributed by atoms with E-state index in [4.69, 9.17) is 30.8 Å². The number of nitrogens with zero attached hydrogens (tertiary/aromatic N) is 3. The van der Waals surface area contributed by atoms with E-state index in [1.54, 1.807) is 0 Å². The molecule has 6 rings (SSSR count). The third-order valence-electron chi connectivity index (χ3n) is 5.90. The van der Waals surface area contributed by atoms with Crippen LogP contribution in [-0.4, -0.2) is 48.9 Å². The molecule has 4 heterocycles. The van der Waals surface area contributed by atoms with E-state index in [0.29, 0.717) is 18.2 Å². The topological polar surface area (TPSA) is 60.3 Å². The molecular formula is C25H23ClN4O3. The summed E-state index contributed by atoms with van der Waals surface area (Å²) >= 11 is 6.32. The van der Waals surface area contributed by atoms with Gasteiger partial charge in [-0.05, 0) is 36.4 Å². The molecule has 2 aliphatic rings. The largest absolute Gasteiger partial charge is 0.486 e. The number of halogens is 1. The van der Waals surface area contributed by atoms with Crippen molar-refractivity contribution in [2.75, 3.05) is 49.7 Å². The van der Waals surface area contributed by atoms with Crippen molar-refractivity contribution in [1.29, 1.82) is 0 Å². The molecule has 33 heavy (non-hydrogen) atoms. The first-order valence-corrected chi connectivity index (χ1v) is 11.4. The molecule has 2 aliphatic heterocycles. The fourth-order valence-corrected chi connectivity index (χ4v) is 4.41. The number of imidazole rings is 1. The molecule has 7 nitrogen and oxygen atoms in total. The summed E-state index contributed by atoms with van der Waals surface area (Å²) in [7, 11) is 0. The van der Waals surface area contributed by atoms with E-state index in [2.05, 4.69) is 34.5 Å². The normalized spacial score (nSPS) is 15.6. The Labute approximate surface area is 196 Å². The quantitative estimate of drug-likeness (QED) is 0.460. The average Bonchev–Trinajstić information content (AvgIpc) is 3.22. The Morgan fingerprint density at radius 2 is 1.64 bits per heavy atom. The van der Waals surface area contributed by atoms with Crippen molar-refractivity contribution in [2.24, 2.45) is 0 Å². The van der Waals surface area contributed by atoms with Crippen LogP contribution in [-0.2, 0) is 4.74 Å². The maximum absolute atomic E-state index is 6.32. The van der Waals surface area contributed by atoms with Crippen LogP contribution in [0.4, 0.5) is 17.2 Å². The number of hydrogen-bond acceptors (Lipinski definition) is 6. The number of hydrogen-bond donors (Lipinski definition) is 1. The zero-order chi connectivity index (χ0) is 22.2. The number of morpholine rings is 1. The molecule has 0 aliphatic carbocycles. The molecule has 1 fully saturated rings. The van der Waals surface area contributed by atoms with Crippen molar-refractivity contribution in [3.8, 4) is 22.8 Å². The van der Waals surface area contributed by atoms with Gasteiger partial charge in [0.25, 0.3) is 0 Å². The number of pyridine rings is 1. The van der Waals surface area contributed by atoms with Gasteiger partial charge in [0, 0.05) is 42.3 Å². The predicted octanol–water partition coefficient (Wildman–Crippen LogP) is 5.01. The maximum Gasteiger partial charge on any atom is 0.163 e. The van der Waals surface area contributed by atoms with Crippen LogP contribution in [0.25, 0.3) is 16.9 Å². The van der Waals surface area contributed by atoms with Gasteiger partial charge in [-0.1, -0.05) is 23.7 Å². The summed E-state index contributed by atoms with van der Waals surface area (Å²) in [6, 6.07) is 18.1. The lowest BCUT2D eigenvalue weighted by molar-refractivity contribution is 0.122. The summed E-state index contributed by atoms with van der Waals surface area (Å²) in [5, 5.41) is 4.17. The monoisotopic (exact) mass is 462 g/mol. The lowest BCUT2D eigenvalue weighted by Gasteiger charge is -2.28. The molecule has 2 aromatic carbocycles. The summed E-state index contributed by atoms with van der Waals surface area (Å²) in [4.78, 5) is 7.24. The summed E-state index contributed by atoms with van der Waals surface area (Å²) in [5.74, 6) is 2.32. The SMILES string of the molecule is Clc1ccc2nc(-c3ccc(N4CCOCC4)cc3)c(Nc3ccc4c(c3)OCCO4)n2c1. The second kappa shape index (κ2) is 8.50. The van der Waals surface area contributed by atoms with Gasteiger partial charge >= 0.3 is 0 Å². The van der Waals surface area contributed by atoms with E-state index in [9.17, 15) is 0 Å². The Hall–Kier alpha value is -3.42. The van der Waals surface area contributed by atoms with Crippen LogP contribution in [0.3, 0.4) is 0 Å². The Morgan fingerprint density at radius 3 is 2.45 bits per heavy atom. The Balaban J connectivity index is 1.39. The zero-order valence-electron chi connectivity index (χ0n) is 18.0. The number of fused-ring (bicyclic) bond motifs is 2. The van der Waals surface area contributed by atoms with Gasteiger partial charge in [-0.3, -0.25) is 4.40 Å². The second-order valence-corrected chi connectivity index (χ2v) is 8.45. The minimum Gasteiger partial charge on any atom is -0.486 e. The van der Waals surface area contributed by atoms with Crippen LogP contribution in [0.1, 0.15) is 0 Å². The van der Waals surface area contributed by atoms with Crippen LogP contribution >= 0.6 is 11.6 Å². The van der Waals surface area contributed by atoms with Crippen LogP contribution in [0.2, 0.25) is 5.02 Å². The van der Waals surface area contributed by atoms with E-state index in [1.165, 1.54) is 5.69 Å². The predicted molar refractivity (Wildman–Crippen MR) is 129 cm³/mol. The average molecular weight is 463 g/mol. The highest BCUT2D eigenvalue weighted by atomic mass is 35.5. The molecule has 0 bridgehead atoms. The Morgan fingerprint density at radius 1 is 0.848 bits per heavy atom. The summed E-state index contributed by atoms with van der Waals surface area (Å²) < 4.78 is 18.9. The highest BCUT2D eigenvalue weighted by Crippen LogP contribution is 2.37. The lowest BCUT2D eigenvalue weighted by Crippen LogP contribution is -2.36. The van der Waals surface area contributed by atoms with Crippen molar-refractivity contribution >= 4 is 34.4 Å². The van der Waals surface area contributed by atoms with Crippen LogP contribution in [0.5, 0.6) is 11.5 Å². The van der Waals surface area contributed by atoms with E-state index in [1.807, 2.05) is 40.9 Å². The lowest BCUT2D eigenvalue weighted by atomic mass is 10.1. The van der Waals surface area contributed by atoms with Gasteiger partial charge in [-0.2, -0.15) is 0 Å². The molecule has 168 valence electrons. The Kier molecular flexibility index (Phi) is 5.20. The number of nitrogens with one attached hydrogen (secondary N) is 1. The molecule has 0 spiro atoms. The van der Waals surface area contributed by atoms with Crippen molar-refractivity contribution in [3.63, 3.8) is 0 Å².